The summed E-state index contributed by atoms with van der Waals surface area (Å²) in [4.78, 5) is 4.40. The molecule has 7 nitrogen and oxygen atoms in total. The van der Waals surface area contributed by atoms with Crippen molar-refractivity contribution in [3.8, 4) is 11.4 Å². The van der Waals surface area contributed by atoms with Crippen LogP contribution in [0.1, 0.15) is 32.5 Å². The standard InChI is InChI=1S/C15H17BrN6OS/c1-15(2,3)13-18-11(23-21-13)8-24-14-20-19-12(22(14)17)9-6-4-5-7-10(9)16/h4-7H,8,17H2,1-3H3. The molecule has 2 aromatic heterocycles. The molecule has 3 rings (SSSR count). The number of nitrogens with two attached hydrogens (primary N) is 1. The summed E-state index contributed by atoms with van der Waals surface area (Å²) < 4.78 is 7.65. The Labute approximate surface area is 152 Å². The second-order valence-corrected chi connectivity index (χ2v) is 8.00. The van der Waals surface area contributed by atoms with Gasteiger partial charge in [0, 0.05) is 15.5 Å². The van der Waals surface area contributed by atoms with E-state index in [1.54, 1.807) is 0 Å². The van der Waals surface area contributed by atoms with Crippen LogP contribution in [0.3, 0.4) is 0 Å². The van der Waals surface area contributed by atoms with Crippen LogP contribution in [0.25, 0.3) is 11.4 Å². The molecule has 0 fully saturated rings. The molecular weight excluding hydrogens is 392 g/mol. The zero-order chi connectivity index (χ0) is 17.3. The van der Waals surface area contributed by atoms with Gasteiger partial charge in [-0.3, -0.25) is 0 Å². The number of rotatable bonds is 4. The van der Waals surface area contributed by atoms with E-state index in [-0.39, 0.29) is 5.41 Å². The Bertz CT molecular complexity index is 854. The summed E-state index contributed by atoms with van der Waals surface area (Å²) in [6, 6.07) is 7.72. The summed E-state index contributed by atoms with van der Waals surface area (Å²) in [5.74, 6) is 8.41. The zero-order valence-electron chi connectivity index (χ0n) is 13.5. The van der Waals surface area contributed by atoms with Gasteiger partial charge in [-0.2, -0.15) is 4.98 Å². The highest BCUT2D eigenvalue weighted by Crippen LogP contribution is 2.29. The normalized spacial score (nSPS) is 11.8. The minimum absolute atomic E-state index is 0.146. The van der Waals surface area contributed by atoms with Gasteiger partial charge in [0.2, 0.25) is 11.0 Å². The maximum atomic E-state index is 6.13. The highest BCUT2D eigenvalue weighted by molar-refractivity contribution is 9.10. The van der Waals surface area contributed by atoms with E-state index in [2.05, 4.69) is 36.3 Å². The van der Waals surface area contributed by atoms with Crippen molar-refractivity contribution in [1.82, 2.24) is 25.0 Å². The highest BCUT2D eigenvalue weighted by atomic mass is 79.9. The number of halogens is 1. The molecule has 0 spiro atoms. The van der Waals surface area contributed by atoms with E-state index >= 15 is 0 Å². The first-order valence-corrected chi connectivity index (χ1v) is 9.05. The van der Waals surface area contributed by atoms with Crippen LogP contribution in [-0.2, 0) is 11.2 Å². The molecular formula is C15H17BrN6OS. The average Bonchev–Trinajstić information content (AvgIpc) is 3.13. The molecule has 1 aromatic carbocycles. The molecule has 0 aliphatic heterocycles. The molecule has 9 heteroatoms. The maximum absolute atomic E-state index is 6.13. The third-order valence-corrected chi connectivity index (χ3v) is 4.86. The monoisotopic (exact) mass is 408 g/mol. The van der Waals surface area contributed by atoms with E-state index in [1.807, 2.05) is 45.0 Å². The number of nitrogen functional groups attached to an aromatic ring is 1. The lowest BCUT2D eigenvalue weighted by Gasteiger charge is -2.10. The van der Waals surface area contributed by atoms with Crippen LogP contribution >= 0.6 is 27.7 Å². The smallest absolute Gasteiger partial charge is 0.237 e. The van der Waals surface area contributed by atoms with Crippen LogP contribution in [0.15, 0.2) is 38.4 Å². The molecule has 0 saturated heterocycles. The van der Waals surface area contributed by atoms with Crippen LogP contribution in [0.5, 0.6) is 0 Å². The van der Waals surface area contributed by atoms with Gasteiger partial charge in [0.1, 0.15) is 0 Å². The van der Waals surface area contributed by atoms with E-state index in [0.717, 1.165) is 10.0 Å². The van der Waals surface area contributed by atoms with Gasteiger partial charge in [0.15, 0.2) is 11.6 Å². The molecule has 0 amide bonds. The van der Waals surface area contributed by atoms with Gasteiger partial charge in [-0.05, 0) is 12.1 Å². The molecule has 0 atom stereocenters. The van der Waals surface area contributed by atoms with Crippen molar-refractivity contribution in [1.29, 1.82) is 0 Å². The van der Waals surface area contributed by atoms with Crippen LogP contribution in [0.2, 0.25) is 0 Å². The molecule has 126 valence electrons. The van der Waals surface area contributed by atoms with E-state index < -0.39 is 0 Å². The minimum Gasteiger partial charge on any atom is -0.338 e. The van der Waals surface area contributed by atoms with Crippen LogP contribution in [-0.4, -0.2) is 25.0 Å². The van der Waals surface area contributed by atoms with E-state index in [1.165, 1.54) is 16.4 Å². The fourth-order valence-electron chi connectivity index (χ4n) is 1.95. The number of nitrogens with zero attached hydrogens (tertiary/aromatic N) is 5. The fraction of sp³-hybridized carbons (Fsp3) is 0.333. The van der Waals surface area contributed by atoms with Gasteiger partial charge < -0.3 is 10.4 Å². The molecule has 0 bridgehead atoms. The highest BCUT2D eigenvalue weighted by Gasteiger charge is 2.21. The van der Waals surface area contributed by atoms with Crippen LogP contribution in [0.4, 0.5) is 0 Å². The first kappa shape index (κ1) is 17.0. The largest absolute Gasteiger partial charge is 0.338 e. The maximum Gasteiger partial charge on any atom is 0.237 e. The SMILES string of the molecule is CC(C)(C)c1noc(CSc2nnc(-c3ccccc3Br)n2N)n1. The van der Waals surface area contributed by atoms with Gasteiger partial charge in [-0.1, -0.05) is 65.8 Å². The van der Waals surface area contributed by atoms with Gasteiger partial charge in [0.25, 0.3) is 0 Å². The molecule has 24 heavy (non-hydrogen) atoms. The number of hydrogen-bond donors (Lipinski definition) is 1. The number of hydrogen-bond acceptors (Lipinski definition) is 7. The topological polar surface area (TPSA) is 95.7 Å². The third kappa shape index (κ3) is 3.46. The summed E-state index contributed by atoms with van der Waals surface area (Å²) in [5.41, 5.74) is 0.736. The molecule has 3 aromatic rings. The van der Waals surface area contributed by atoms with Crippen molar-refractivity contribution >= 4 is 27.7 Å². The van der Waals surface area contributed by atoms with Crippen molar-refractivity contribution in [2.24, 2.45) is 0 Å². The van der Waals surface area contributed by atoms with E-state index in [9.17, 15) is 0 Å². The van der Waals surface area contributed by atoms with Crippen molar-refractivity contribution in [3.63, 3.8) is 0 Å². The first-order valence-electron chi connectivity index (χ1n) is 7.27. The van der Waals surface area contributed by atoms with Crippen LogP contribution < -0.4 is 5.84 Å². The van der Waals surface area contributed by atoms with Gasteiger partial charge >= 0.3 is 0 Å². The number of thioether (sulfide) groups is 1. The van der Waals surface area contributed by atoms with Crippen LogP contribution in [0, 0.1) is 0 Å². The molecule has 0 aliphatic rings. The van der Waals surface area contributed by atoms with Crippen molar-refractivity contribution in [2.75, 3.05) is 5.84 Å². The Morgan fingerprint density at radius 1 is 1.25 bits per heavy atom. The minimum atomic E-state index is -0.146. The lowest BCUT2D eigenvalue weighted by molar-refractivity contribution is 0.372. The Balaban J connectivity index is 1.76. The molecule has 0 radical (unpaired) electrons. The Morgan fingerprint density at radius 2 is 2.00 bits per heavy atom. The quantitative estimate of drug-likeness (QED) is 0.521. The third-order valence-electron chi connectivity index (χ3n) is 3.24. The Kier molecular flexibility index (Phi) is 4.64. The summed E-state index contributed by atoms with van der Waals surface area (Å²) in [5, 5.41) is 12.9. The lowest BCUT2D eigenvalue weighted by Crippen LogP contribution is -2.13. The zero-order valence-corrected chi connectivity index (χ0v) is 15.9. The predicted octanol–water partition coefficient (Wildman–Crippen LogP) is 3.39. The average molecular weight is 409 g/mol. The number of aromatic nitrogens is 5. The van der Waals surface area contributed by atoms with E-state index in [4.69, 9.17) is 10.4 Å². The summed E-state index contributed by atoms with van der Waals surface area (Å²) in [6.07, 6.45) is 0. The summed E-state index contributed by atoms with van der Waals surface area (Å²) in [6.45, 7) is 6.11. The van der Waals surface area contributed by atoms with Gasteiger partial charge in [-0.25, -0.2) is 4.68 Å². The first-order chi connectivity index (χ1) is 11.4. The molecule has 0 aliphatic carbocycles. The Hall–Kier alpha value is -1.87. The van der Waals surface area contributed by atoms with E-state index in [0.29, 0.717) is 28.4 Å². The van der Waals surface area contributed by atoms with Gasteiger partial charge in [0.05, 0.1) is 5.75 Å². The molecule has 2 N–H and O–H groups in total. The predicted molar refractivity (Wildman–Crippen MR) is 95.9 cm³/mol. The molecule has 0 unspecified atom stereocenters. The molecule has 0 saturated carbocycles. The summed E-state index contributed by atoms with van der Waals surface area (Å²) in [7, 11) is 0. The second kappa shape index (κ2) is 6.56. The molecule has 2 heterocycles. The lowest BCUT2D eigenvalue weighted by atomic mass is 9.96. The summed E-state index contributed by atoms with van der Waals surface area (Å²) >= 11 is 4.89. The van der Waals surface area contributed by atoms with Crippen molar-refractivity contribution in [3.05, 3.63) is 40.5 Å². The van der Waals surface area contributed by atoms with Crippen molar-refractivity contribution in [2.45, 2.75) is 37.1 Å². The Morgan fingerprint density at radius 3 is 2.67 bits per heavy atom. The second-order valence-electron chi connectivity index (χ2n) is 6.21. The van der Waals surface area contributed by atoms with Gasteiger partial charge in [-0.15, -0.1) is 10.2 Å². The number of benzene rings is 1. The fourth-order valence-corrected chi connectivity index (χ4v) is 3.10. The van der Waals surface area contributed by atoms with Crippen molar-refractivity contribution < 1.29 is 4.52 Å².